The van der Waals surface area contributed by atoms with Crippen molar-refractivity contribution in [3.63, 3.8) is 0 Å². The van der Waals surface area contributed by atoms with E-state index in [0.717, 1.165) is 5.56 Å². The van der Waals surface area contributed by atoms with Crippen LogP contribution in [-0.2, 0) is 16.4 Å². The summed E-state index contributed by atoms with van der Waals surface area (Å²) >= 11 is 5.98. The summed E-state index contributed by atoms with van der Waals surface area (Å²) in [5.74, 6) is -0.0542. The Kier molecular flexibility index (Phi) is 4.11. The Morgan fingerprint density at radius 3 is 2.74 bits per heavy atom. The lowest BCUT2D eigenvalue weighted by Gasteiger charge is -2.07. The van der Waals surface area contributed by atoms with E-state index >= 15 is 0 Å². The fraction of sp³-hybridized carbons (Fsp3) is 0.250. The summed E-state index contributed by atoms with van der Waals surface area (Å²) in [7, 11) is -3.45. The van der Waals surface area contributed by atoms with Gasteiger partial charge in [0, 0.05) is 5.02 Å². The number of benzene rings is 1. The Morgan fingerprint density at radius 2 is 2.11 bits per heavy atom. The first kappa shape index (κ1) is 13.9. The maximum absolute atomic E-state index is 11.9. The molecule has 2 rings (SSSR count). The van der Waals surface area contributed by atoms with Gasteiger partial charge in [-0.3, -0.25) is 4.72 Å². The van der Waals surface area contributed by atoms with E-state index in [1.54, 1.807) is 19.1 Å². The number of anilines is 1. The van der Waals surface area contributed by atoms with Gasteiger partial charge >= 0.3 is 0 Å². The predicted octanol–water partition coefficient (Wildman–Crippen LogP) is 2.62. The Morgan fingerprint density at radius 1 is 1.37 bits per heavy atom. The second-order valence-corrected chi connectivity index (χ2v) is 6.33. The van der Waals surface area contributed by atoms with Crippen LogP contribution in [0.5, 0.6) is 0 Å². The fourth-order valence-corrected chi connectivity index (χ4v) is 2.91. The topological polar surface area (TPSA) is 72.2 Å². The van der Waals surface area contributed by atoms with Crippen LogP contribution >= 0.6 is 11.6 Å². The first-order valence-corrected chi connectivity index (χ1v) is 7.66. The summed E-state index contributed by atoms with van der Waals surface area (Å²) in [4.78, 5) is 0. The van der Waals surface area contributed by atoms with Gasteiger partial charge in [-0.2, -0.15) is 0 Å². The predicted molar refractivity (Wildman–Crippen MR) is 73.8 cm³/mol. The van der Waals surface area contributed by atoms with Gasteiger partial charge in [0.05, 0.1) is 5.75 Å². The number of aryl methyl sites for hydroxylation is 2. The highest BCUT2D eigenvalue weighted by Gasteiger charge is 2.14. The summed E-state index contributed by atoms with van der Waals surface area (Å²) in [5.41, 5.74) is 1.66. The van der Waals surface area contributed by atoms with Gasteiger partial charge in [-0.15, -0.1) is 0 Å². The maximum Gasteiger partial charge on any atom is 0.233 e. The van der Waals surface area contributed by atoms with Crippen LogP contribution in [0, 0.1) is 6.92 Å². The molecule has 1 heterocycles. The fourth-order valence-electron chi connectivity index (χ4n) is 1.55. The number of rotatable bonds is 5. The van der Waals surface area contributed by atoms with E-state index in [4.69, 9.17) is 11.6 Å². The second-order valence-electron chi connectivity index (χ2n) is 4.08. The lowest BCUT2D eigenvalue weighted by molar-refractivity contribution is 0.415. The van der Waals surface area contributed by atoms with Crippen LogP contribution in [0.15, 0.2) is 35.1 Å². The molecule has 19 heavy (non-hydrogen) atoms. The molecule has 0 atom stereocenters. The number of halogens is 1. The van der Waals surface area contributed by atoms with Gasteiger partial charge in [-0.1, -0.05) is 35.0 Å². The van der Waals surface area contributed by atoms with Gasteiger partial charge in [0.1, 0.15) is 17.6 Å². The molecule has 0 saturated heterocycles. The van der Waals surface area contributed by atoms with Gasteiger partial charge in [0.15, 0.2) is 0 Å². The number of hydrogen-bond acceptors (Lipinski definition) is 4. The van der Waals surface area contributed by atoms with E-state index in [-0.39, 0.29) is 5.75 Å². The first-order chi connectivity index (χ1) is 8.98. The summed E-state index contributed by atoms with van der Waals surface area (Å²) in [6, 6.07) is 7.17. The second kappa shape index (κ2) is 5.63. The molecule has 1 aromatic heterocycles. The van der Waals surface area contributed by atoms with E-state index < -0.39 is 10.0 Å². The number of aromatic nitrogens is 1. The molecule has 0 amide bonds. The average Bonchev–Trinajstić information content (AvgIpc) is 2.73. The average molecular weight is 301 g/mol. The molecule has 0 spiro atoms. The molecule has 0 bridgehead atoms. The van der Waals surface area contributed by atoms with Gasteiger partial charge in [0.25, 0.3) is 0 Å². The van der Waals surface area contributed by atoms with Crippen LogP contribution < -0.4 is 4.72 Å². The van der Waals surface area contributed by atoms with Gasteiger partial charge in [-0.25, -0.2) is 8.42 Å². The zero-order valence-corrected chi connectivity index (χ0v) is 11.8. The highest BCUT2D eigenvalue weighted by atomic mass is 35.5. The molecule has 0 aliphatic heterocycles. The third-order valence-electron chi connectivity index (χ3n) is 2.61. The normalized spacial score (nSPS) is 11.5. The molecular formula is C12H13ClN2O3S. The summed E-state index contributed by atoms with van der Waals surface area (Å²) in [6.45, 7) is 1.66. The molecule has 102 valence electrons. The number of nitrogens with zero attached hydrogens (tertiary/aromatic N) is 1. The summed E-state index contributed by atoms with van der Waals surface area (Å²) in [6.07, 6.45) is 1.61. The number of sulfonamides is 1. The third-order valence-corrected chi connectivity index (χ3v) is 4.25. The molecule has 5 nitrogen and oxygen atoms in total. The van der Waals surface area contributed by atoms with Crippen molar-refractivity contribution >= 4 is 27.3 Å². The van der Waals surface area contributed by atoms with E-state index in [1.807, 2.05) is 12.1 Å². The van der Waals surface area contributed by atoms with E-state index in [9.17, 15) is 8.42 Å². The number of hydrogen-bond donors (Lipinski definition) is 1. The van der Waals surface area contributed by atoms with Crippen molar-refractivity contribution in [1.29, 1.82) is 0 Å². The zero-order valence-electron chi connectivity index (χ0n) is 10.3. The van der Waals surface area contributed by atoms with Crippen molar-refractivity contribution in [2.75, 3.05) is 10.5 Å². The Bertz CT molecular complexity index is 667. The molecule has 0 fully saturated rings. The Labute approximate surface area is 116 Å². The molecule has 0 saturated carbocycles. The lowest BCUT2D eigenvalue weighted by Crippen LogP contribution is -2.18. The van der Waals surface area contributed by atoms with Crippen molar-refractivity contribution in [2.24, 2.45) is 0 Å². The molecule has 0 unspecified atom stereocenters. The Hall–Kier alpha value is -1.53. The van der Waals surface area contributed by atoms with E-state index in [1.165, 1.54) is 6.26 Å². The van der Waals surface area contributed by atoms with Crippen molar-refractivity contribution in [3.8, 4) is 0 Å². The first-order valence-electron chi connectivity index (χ1n) is 5.63. The van der Waals surface area contributed by atoms with Crippen LogP contribution in [0.1, 0.15) is 11.3 Å². The quantitative estimate of drug-likeness (QED) is 0.921. The summed E-state index contributed by atoms with van der Waals surface area (Å²) < 4.78 is 30.9. The van der Waals surface area contributed by atoms with Crippen LogP contribution in [-0.4, -0.2) is 19.3 Å². The Balaban J connectivity index is 2.03. The van der Waals surface area contributed by atoms with Crippen LogP contribution in [0.25, 0.3) is 0 Å². The smallest absolute Gasteiger partial charge is 0.233 e. The molecule has 0 aliphatic carbocycles. The van der Waals surface area contributed by atoms with Crippen molar-refractivity contribution < 1.29 is 12.9 Å². The zero-order chi connectivity index (χ0) is 13.9. The highest BCUT2D eigenvalue weighted by molar-refractivity contribution is 7.92. The van der Waals surface area contributed by atoms with E-state index in [2.05, 4.69) is 14.4 Å². The minimum Gasteiger partial charge on any atom is -0.362 e. The molecule has 0 aliphatic rings. The third kappa shape index (κ3) is 3.71. The van der Waals surface area contributed by atoms with Crippen LogP contribution in [0.3, 0.4) is 0 Å². The largest absolute Gasteiger partial charge is 0.362 e. The van der Waals surface area contributed by atoms with Crippen molar-refractivity contribution in [3.05, 3.63) is 46.8 Å². The standard InChI is InChI=1S/C12H13ClN2O3S/c1-9-12(8-18-14-9)15-19(16,17)7-6-10-4-2-3-5-11(10)13/h2-5,8,15H,6-7H2,1H3. The van der Waals surface area contributed by atoms with Crippen LogP contribution in [0.4, 0.5) is 5.69 Å². The monoisotopic (exact) mass is 300 g/mol. The SMILES string of the molecule is Cc1nocc1NS(=O)(=O)CCc1ccccc1Cl. The molecule has 1 N–H and O–H groups in total. The number of nitrogens with one attached hydrogen (secondary N) is 1. The van der Waals surface area contributed by atoms with Crippen molar-refractivity contribution in [2.45, 2.75) is 13.3 Å². The van der Waals surface area contributed by atoms with Gasteiger partial charge < -0.3 is 4.52 Å². The van der Waals surface area contributed by atoms with Gasteiger partial charge in [-0.05, 0) is 25.0 Å². The minimum absolute atomic E-state index is 0.0542. The molecular weight excluding hydrogens is 288 g/mol. The minimum atomic E-state index is -3.45. The molecule has 0 radical (unpaired) electrons. The molecule has 2 aromatic rings. The molecule has 7 heteroatoms. The maximum atomic E-state index is 11.9. The van der Waals surface area contributed by atoms with Crippen molar-refractivity contribution in [1.82, 2.24) is 5.16 Å². The molecule has 1 aromatic carbocycles. The summed E-state index contributed by atoms with van der Waals surface area (Å²) in [5, 5.41) is 4.18. The lowest BCUT2D eigenvalue weighted by atomic mass is 10.2. The van der Waals surface area contributed by atoms with Crippen LogP contribution in [0.2, 0.25) is 5.02 Å². The van der Waals surface area contributed by atoms with Gasteiger partial charge in [0.2, 0.25) is 10.0 Å². The highest BCUT2D eigenvalue weighted by Crippen LogP contribution is 2.17. The van der Waals surface area contributed by atoms with E-state index in [0.29, 0.717) is 22.8 Å².